The lowest BCUT2D eigenvalue weighted by Gasteiger charge is -2.25. The van der Waals surface area contributed by atoms with Crippen LogP contribution in [0, 0.1) is 0 Å². The third-order valence-corrected chi connectivity index (χ3v) is 6.56. The molecule has 2 aromatic heterocycles. The van der Waals surface area contributed by atoms with Crippen molar-refractivity contribution in [2.45, 2.75) is 37.0 Å². The number of fused-ring (bicyclic) bond motifs is 1. The van der Waals surface area contributed by atoms with Gasteiger partial charge in [0, 0.05) is 40.7 Å². The lowest BCUT2D eigenvalue weighted by molar-refractivity contribution is -0.105. The Balaban J connectivity index is 0.000000265. The van der Waals surface area contributed by atoms with Crippen molar-refractivity contribution >= 4 is 34.8 Å². The minimum absolute atomic E-state index is 0.316. The number of aromatic amines is 1. The minimum Gasteiger partial charge on any atom is -0.474 e. The Morgan fingerprint density at radius 3 is 2.73 bits per heavy atom. The molecule has 1 atom stereocenters. The second kappa shape index (κ2) is 9.95. The van der Waals surface area contributed by atoms with E-state index in [9.17, 15) is 4.79 Å². The SMILES string of the molecule is CSC1CCNC1.O=CNc1ccc2[nH]nc(-c3ccc(OC4CCC4)nc3)c2c1. The summed E-state index contributed by atoms with van der Waals surface area (Å²) in [5, 5.41) is 15.2. The highest BCUT2D eigenvalue weighted by molar-refractivity contribution is 7.99. The molecule has 3 N–H and O–H groups in total. The standard InChI is InChI=1S/C17H16N4O2.C5H11NS/c22-10-19-12-5-6-15-14(8-12)17(21-20-15)11-4-7-16(18-9-11)23-13-2-1-3-13;1-7-5-2-3-6-4-5/h4-10,13H,1-3H2,(H,19,22)(H,20,21);5-6H,2-4H2,1H3. The van der Waals surface area contributed by atoms with Crippen LogP contribution in [-0.4, -0.2) is 52.3 Å². The first-order chi connectivity index (χ1) is 14.8. The van der Waals surface area contributed by atoms with Gasteiger partial charge in [-0.2, -0.15) is 16.9 Å². The fourth-order valence-corrected chi connectivity index (χ4v) is 4.11. The van der Waals surface area contributed by atoms with E-state index in [4.69, 9.17) is 4.74 Å². The Hall–Kier alpha value is -2.58. The number of nitrogens with one attached hydrogen (secondary N) is 3. The van der Waals surface area contributed by atoms with Crippen LogP contribution in [0.2, 0.25) is 0 Å². The summed E-state index contributed by atoms with van der Waals surface area (Å²) in [4.78, 5) is 15.0. The van der Waals surface area contributed by atoms with E-state index in [2.05, 4.69) is 32.1 Å². The summed E-state index contributed by atoms with van der Waals surface area (Å²) < 4.78 is 5.77. The minimum atomic E-state index is 0.316. The van der Waals surface area contributed by atoms with Crippen molar-refractivity contribution in [3.63, 3.8) is 0 Å². The van der Waals surface area contributed by atoms with Crippen LogP contribution < -0.4 is 15.4 Å². The Bertz CT molecular complexity index is 965. The molecule has 0 radical (unpaired) electrons. The predicted octanol–water partition coefficient (Wildman–Crippen LogP) is 3.84. The normalized spacial score (nSPS) is 18.4. The van der Waals surface area contributed by atoms with Gasteiger partial charge in [-0.25, -0.2) is 4.98 Å². The van der Waals surface area contributed by atoms with Gasteiger partial charge in [0.05, 0.1) is 5.52 Å². The summed E-state index contributed by atoms with van der Waals surface area (Å²) in [6.07, 6.45) is 9.74. The molecule has 1 amide bonds. The lowest BCUT2D eigenvalue weighted by Crippen LogP contribution is -2.24. The number of H-pyrrole nitrogens is 1. The number of carbonyl (C=O) groups excluding carboxylic acids is 1. The molecule has 2 fully saturated rings. The summed E-state index contributed by atoms with van der Waals surface area (Å²) in [5.41, 5.74) is 3.34. The highest BCUT2D eigenvalue weighted by atomic mass is 32.2. The van der Waals surface area contributed by atoms with Crippen LogP contribution in [0.4, 0.5) is 5.69 Å². The largest absolute Gasteiger partial charge is 0.474 e. The van der Waals surface area contributed by atoms with Crippen molar-refractivity contribution < 1.29 is 9.53 Å². The molecule has 8 heteroatoms. The average Bonchev–Trinajstić information content (AvgIpc) is 3.42. The Morgan fingerprint density at radius 2 is 2.13 bits per heavy atom. The fourth-order valence-electron chi connectivity index (χ4n) is 3.47. The molecule has 158 valence electrons. The van der Waals surface area contributed by atoms with Gasteiger partial charge in [-0.3, -0.25) is 9.89 Å². The number of carbonyl (C=O) groups is 1. The molecule has 1 saturated carbocycles. The average molecular weight is 426 g/mol. The van der Waals surface area contributed by atoms with Crippen LogP contribution in [0.3, 0.4) is 0 Å². The van der Waals surface area contributed by atoms with Gasteiger partial charge in [0.15, 0.2) is 0 Å². The van der Waals surface area contributed by atoms with Crippen LogP contribution in [0.5, 0.6) is 5.88 Å². The number of pyridine rings is 1. The maximum Gasteiger partial charge on any atom is 0.213 e. The maximum absolute atomic E-state index is 10.6. The van der Waals surface area contributed by atoms with E-state index in [-0.39, 0.29) is 0 Å². The predicted molar refractivity (Wildman–Crippen MR) is 122 cm³/mol. The molecule has 2 aliphatic rings. The van der Waals surface area contributed by atoms with E-state index < -0.39 is 0 Å². The fraction of sp³-hybridized carbons (Fsp3) is 0.409. The van der Waals surface area contributed by atoms with Gasteiger partial charge in [-0.15, -0.1) is 0 Å². The van der Waals surface area contributed by atoms with Crippen molar-refractivity contribution in [3.8, 4) is 17.1 Å². The van der Waals surface area contributed by atoms with Gasteiger partial charge >= 0.3 is 0 Å². The molecule has 3 heterocycles. The van der Waals surface area contributed by atoms with E-state index in [1.165, 1.54) is 25.9 Å². The molecule has 1 unspecified atom stereocenters. The molecule has 1 saturated heterocycles. The number of amides is 1. The van der Waals surface area contributed by atoms with Gasteiger partial charge in [-0.05, 0) is 62.7 Å². The molecule has 1 aliphatic carbocycles. The van der Waals surface area contributed by atoms with Gasteiger partial charge in [-0.1, -0.05) is 0 Å². The van der Waals surface area contributed by atoms with Gasteiger partial charge in [0.2, 0.25) is 12.3 Å². The summed E-state index contributed by atoms with van der Waals surface area (Å²) in [5.74, 6) is 0.654. The van der Waals surface area contributed by atoms with E-state index in [1.54, 1.807) is 6.20 Å². The van der Waals surface area contributed by atoms with Crippen molar-refractivity contribution in [2.75, 3.05) is 24.7 Å². The molecule has 0 spiro atoms. The molecule has 1 aliphatic heterocycles. The number of ether oxygens (including phenoxy) is 1. The number of anilines is 1. The molecular formula is C22H27N5O2S. The molecule has 30 heavy (non-hydrogen) atoms. The third kappa shape index (κ3) is 4.94. The van der Waals surface area contributed by atoms with Gasteiger partial charge < -0.3 is 15.4 Å². The maximum atomic E-state index is 10.6. The summed E-state index contributed by atoms with van der Waals surface area (Å²) >= 11 is 1.97. The zero-order valence-electron chi connectivity index (χ0n) is 17.1. The molecule has 5 rings (SSSR count). The monoisotopic (exact) mass is 425 g/mol. The van der Waals surface area contributed by atoms with Crippen molar-refractivity contribution in [1.29, 1.82) is 0 Å². The van der Waals surface area contributed by atoms with Crippen LogP contribution in [0.15, 0.2) is 36.5 Å². The molecular weight excluding hydrogens is 398 g/mol. The number of nitrogens with zero attached hydrogens (tertiary/aromatic N) is 2. The number of aromatic nitrogens is 3. The molecule has 0 bridgehead atoms. The number of rotatable bonds is 6. The first-order valence-electron chi connectivity index (χ1n) is 10.3. The van der Waals surface area contributed by atoms with E-state index >= 15 is 0 Å². The lowest BCUT2D eigenvalue weighted by atomic mass is 9.96. The number of benzene rings is 1. The van der Waals surface area contributed by atoms with Crippen LogP contribution in [-0.2, 0) is 4.79 Å². The third-order valence-electron chi connectivity index (χ3n) is 5.49. The van der Waals surface area contributed by atoms with Gasteiger partial charge in [0.25, 0.3) is 0 Å². The number of thioether (sulfide) groups is 1. The zero-order valence-corrected chi connectivity index (χ0v) is 17.9. The van der Waals surface area contributed by atoms with Gasteiger partial charge in [0.1, 0.15) is 11.8 Å². The Kier molecular flexibility index (Phi) is 6.86. The zero-order chi connectivity index (χ0) is 20.8. The molecule has 1 aromatic carbocycles. The van der Waals surface area contributed by atoms with E-state index in [0.29, 0.717) is 18.4 Å². The topological polar surface area (TPSA) is 91.9 Å². The second-order valence-electron chi connectivity index (χ2n) is 7.50. The molecule has 7 nitrogen and oxygen atoms in total. The summed E-state index contributed by atoms with van der Waals surface area (Å²) in [7, 11) is 0. The van der Waals surface area contributed by atoms with Crippen LogP contribution in [0.1, 0.15) is 25.7 Å². The Labute approximate surface area is 180 Å². The highest BCUT2D eigenvalue weighted by Crippen LogP contribution is 2.29. The number of hydrogen-bond donors (Lipinski definition) is 3. The van der Waals surface area contributed by atoms with Crippen molar-refractivity contribution in [2.24, 2.45) is 0 Å². The summed E-state index contributed by atoms with van der Waals surface area (Å²) in [6, 6.07) is 9.44. The van der Waals surface area contributed by atoms with Crippen molar-refractivity contribution in [3.05, 3.63) is 36.5 Å². The summed E-state index contributed by atoms with van der Waals surface area (Å²) in [6.45, 7) is 2.45. The van der Waals surface area contributed by atoms with Crippen molar-refractivity contribution in [1.82, 2.24) is 20.5 Å². The van der Waals surface area contributed by atoms with E-state index in [1.807, 2.05) is 42.1 Å². The first kappa shape index (κ1) is 20.7. The molecule has 3 aromatic rings. The van der Waals surface area contributed by atoms with Crippen LogP contribution in [0.25, 0.3) is 22.2 Å². The quantitative estimate of drug-likeness (QED) is 0.520. The first-order valence-corrected chi connectivity index (χ1v) is 11.6. The van der Waals surface area contributed by atoms with E-state index in [0.717, 1.165) is 45.9 Å². The number of hydrogen-bond acceptors (Lipinski definition) is 6. The second-order valence-corrected chi connectivity index (χ2v) is 8.64. The Morgan fingerprint density at radius 1 is 1.23 bits per heavy atom. The smallest absolute Gasteiger partial charge is 0.213 e. The van der Waals surface area contributed by atoms with Crippen LogP contribution >= 0.6 is 11.8 Å². The highest BCUT2D eigenvalue weighted by Gasteiger charge is 2.19.